The van der Waals surface area contributed by atoms with Crippen LogP contribution in [0.3, 0.4) is 0 Å². The van der Waals surface area contributed by atoms with E-state index < -0.39 is 18.0 Å². The van der Waals surface area contributed by atoms with Gasteiger partial charge < -0.3 is 15.3 Å². The van der Waals surface area contributed by atoms with Crippen molar-refractivity contribution in [2.24, 2.45) is 0 Å². The van der Waals surface area contributed by atoms with E-state index in [0.29, 0.717) is 30.8 Å². The fraction of sp³-hybridized carbons (Fsp3) is 0.500. The Hall–Kier alpha value is -1.99. The predicted octanol–water partition coefficient (Wildman–Crippen LogP) is 2.57. The molecule has 2 N–H and O–H groups in total. The average molecular weight is 289 g/mol. The van der Waals surface area contributed by atoms with Crippen LogP contribution in [-0.4, -0.2) is 40.2 Å². The normalized spacial score (nSPS) is 19.2. The van der Waals surface area contributed by atoms with Gasteiger partial charge in [0.2, 0.25) is 0 Å². The second-order valence-corrected chi connectivity index (χ2v) is 4.74. The first kappa shape index (κ1) is 14.4. The highest BCUT2D eigenvalue weighted by molar-refractivity contribution is 5.65. The van der Waals surface area contributed by atoms with Crippen LogP contribution in [0.5, 0.6) is 0 Å². The lowest BCUT2D eigenvalue weighted by Gasteiger charge is -2.17. The number of likely N-dealkylation sites (tertiary alicyclic amines) is 1. The van der Waals surface area contributed by atoms with Gasteiger partial charge in [-0.1, -0.05) is 0 Å². The van der Waals surface area contributed by atoms with Crippen molar-refractivity contribution in [3.8, 4) is 0 Å². The third-order valence-corrected chi connectivity index (χ3v) is 3.22. The first-order valence-electron chi connectivity index (χ1n) is 6.05. The summed E-state index contributed by atoms with van der Waals surface area (Å²) in [6.45, 7) is 2.29. The number of alkyl halides is 3. The number of amides is 1. The average Bonchev–Trinajstić information content (AvgIpc) is 2.79. The Morgan fingerprint density at radius 2 is 2.25 bits per heavy atom. The van der Waals surface area contributed by atoms with Crippen molar-refractivity contribution in [2.75, 3.05) is 18.4 Å². The van der Waals surface area contributed by atoms with Crippen LogP contribution in [0.25, 0.3) is 0 Å². The van der Waals surface area contributed by atoms with E-state index in [0.717, 1.165) is 12.3 Å². The Bertz CT molecular complexity index is 519. The van der Waals surface area contributed by atoms with E-state index in [1.807, 2.05) is 0 Å². The minimum absolute atomic E-state index is 0.108. The van der Waals surface area contributed by atoms with Crippen molar-refractivity contribution in [2.45, 2.75) is 25.6 Å². The number of pyridine rings is 1. The number of aryl methyl sites for hydroxylation is 1. The first-order valence-corrected chi connectivity index (χ1v) is 6.05. The molecule has 1 aliphatic heterocycles. The predicted molar refractivity (Wildman–Crippen MR) is 65.6 cm³/mol. The highest BCUT2D eigenvalue weighted by Gasteiger charge is 2.33. The Labute approximate surface area is 113 Å². The zero-order valence-electron chi connectivity index (χ0n) is 10.7. The molecule has 1 fully saturated rings. The zero-order chi connectivity index (χ0) is 14.9. The first-order chi connectivity index (χ1) is 9.27. The summed E-state index contributed by atoms with van der Waals surface area (Å²) in [6, 6.07) is 0.870. The lowest BCUT2D eigenvalue weighted by molar-refractivity contribution is -0.141. The van der Waals surface area contributed by atoms with Crippen LogP contribution >= 0.6 is 0 Å². The molecule has 1 aromatic heterocycles. The van der Waals surface area contributed by atoms with Gasteiger partial charge in [-0.25, -0.2) is 9.78 Å². The molecule has 0 radical (unpaired) electrons. The van der Waals surface area contributed by atoms with Gasteiger partial charge >= 0.3 is 12.3 Å². The maximum absolute atomic E-state index is 12.5. The molecule has 0 saturated carbocycles. The largest absolute Gasteiger partial charge is 0.465 e. The summed E-state index contributed by atoms with van der Waals surface area (Å²) in [7, 11) is 0. The molecule has 1 saturated heterocycles. The van der Waals surface area contributed by atoms with E-state index in [1.54, 1.807) is 6.92 Å². The van der Waals surface area contributed by atoms with Gasteiger partial charge in [0.1, 0.15) is 5.69 Å². The van der Waals surface area contributed by atoms with E-state index in [2.05, 4.69) is 10.3 Å². The number of carboxylic acid groups (broad SMARTS) is 1. The number of anilines is 1. The van der Waals surface area contributed by atoms with Crippen molar-refractivity contribution in [3.63, 3.8) is 0 Å². The van der Waals surface area contributed by atoms with Gasteiger partial charge in [-0.05, 0) is 25.0 Å². The molecule has 5 nitrogen and oxygen atoms in total. The molecular formula is C12H14F3N3O2. The van der Waals surface area contributed by atoms with Crippen LogP contribution in [0.4, 0.5) is 23.7 Å². The summed E-state index contributed by atoms with van der Waals surface area (Å²) < 4.78 is 37.5. The van der Waals surface area contributed by atoms with Gasteiger partial charge in [-0.2, -0.15) is 13.2 Å². The molecule has 1 aliphatic rings. The van der Waals surface area contributed by atoms with Crippen molar-refractivity contribution in [3.05, 3.63) is 23.5 Å². The molecular weight excluding hydrogens is 275 g/mol. The van der Waals surface area contributed by atoms with Crippen LogP contribution < -0.4 is 5.32 Å². The van der Waals surface area contributed by atoms with Crippen molar-refractivity contribution in [1.82, 2.24) is 9.88 Å². The molecule has 1 amide bonds. The number of rotatable bonds is 2. The molecule has 110 valence electrons. The quantitative estimate of drug-likeness (QED) is 0.878. The lowest BCUT2D eigenvalue weighted by Crippen LogP contribution is -2.30. The fourth-order valence-corrected chi connectivity index (χ4v) is 2.13. The number of carbonyl (C=O) groups is 1. The van der Waals surface area contributed by atoms with E-state index in [9.17, 15) is 18.0 Å². The van der Waals surface area contributed by atoms with Gasteiger partial charge in [0.25, 0.3) is 0 Å². The van der Waals surface area contributed by atoms with E-state index >= 15 is 0 Å². The smallest absolute Gasteiger partial charge is 0.433 e. The molecule has 0 aliphatic carbocycles. The summed E-state index contributed by atoms with van der Waals surface area (Å²) in [6.07, 6.45) is -3.69. The Kier molecular flexibility index (Phi) is 3.74. The van der Waals surface area contributed by atoms with Crippen LogP contribution in [0.15, 0.2) is 12.3 Å². The maximum Gasteiger partial charge on any atom is 0.433 e. The topological polar surface area (TPSA) is 65.5 Å². The number of nitrogens with one attached hydrogen (secondary N) is 1. The molecule has 8 heteroatoms. The van der Waals surface area contributed by atoms with Gasteiger partial charge in [0.15, 0.2) is 0 Å². The molecule has 0 spiro atoms. The second-order valence-electron chi connectivity index (χ2n) is 4.74. The molecule has 0 aromatic carbocycles. The molecule has 1 aromatic rings. The number of halogens is 3. The van der Waals surface area contributed by atoms with E-state index in [-0.39, 0.29) is 6.04 Å². The monoisotopic (exact) mass is 289 g/mol. The van der Waals surface area contributed by atoms with Gasteiger partial charge in [-0.3, -0.25) is 0 Å². The lowest BCUT2D eigenvalue weighted by atomic mass is 10.2. The number of aromatic nitrogens is 1. The summed E-state index contributed by atoms with van der Waals surface area (Å²) in [5.74, 6) is 0. The van der Waals surface area contributed by atoms with Gasteiger partial charge in [-0.15, -0.1) is 0 Å². The third-order valence-electron chi connectivity index (χ3n) is 3.22. The van der Waals surface area contributed by atoms with E-state index in [1.165, 1.54) is 4.90 Å². The highest BCUT2D eigenvalue weighted by atomic mass is 19.4. The van der Waals surface area contributed by atoms with Crippen LogP contribution in [0.1, 0.15) is 17.7 Å². The van der Waals surface area contributed by atoms with Gasteiger partial charge in [0.05, 0.1) is 11.9 Å². The second kappa shape index (κ2) is 5.18. The Morgan fingerprint density at radius 3 is 2.75 bits per heavy atom. The minimum Gasteiger partial charge on any atom is -0.465 e. The van der Waals surface area contributed by atoms with E-state index in [4.69, 9.17) is 5.11 Å². The summed E-state index contributed by atoms with van der Waals surface area (Å²) >= 11 is 0. The molecule has 1 unspecified atom stereocenters. The summed E-state index contributed by atoms with van der Waals surface area (Å²) in [4.78, 5) is 15.4. The van der Waals surface area contributed by atoms with Gasteiger partial charge in [0, 0.05) is 19.1 Å². The minimum atomic E-state index is -4.46. The summed E-state index contributed by atoms with van der Waals surface area (Å²) in [5, 5.41) is 11.9. The molecule has 1 atom stereocenters. The third kappa shape index (κ3) is 3.12. The molecule has 20 heavy (non-hydrogen) atoms. The fourth-order valence-electron chi connectivity index (χ4n) is 2.13. The SMILES string of the molecule is Cc1cc(C(F)(F)F)ncc1NC1CCN(C(=O)O)C1. The number of nitrogens with zero attached hydrogens (tertiary/aromatic N) is 2. The Balaban J connectivity index is 2.06. The van der Waals surface area contributed by atoms with Crippen molar-refractivity contribution in [1.29, 1.82) is 0 Å². The van der Waals surface area contributed by atoms with Crippen LogP contribution in [0.2, 0.25) is 0 Å². The van der Waals surface area contributed by atoms with Crippen molar-refractivity contribution >= 4 is 11.8 Å². The van der Waals surface area contributed by atoms with Crippen molar-refractivity contribution < 1.29 is 23.1 Å². The number of hydrogen-bond acceptors (Lipinski definition) is 3. The molecule has 2 heterocycles. The van der Waals surface area contributed by atoms with Crippen LogP contribution in [0, 0.1) is 6.92 Å². The number of hydrogen-bond donors (Lipinski definition) is 2. The highest BCUT2D eigenvalue weighted by Crippen LogP contribution is 2.30. The zero-order valence-corrected chi connectivity index (χ0v) is 10.7. The summed E-state index contributed by atoms with van der Waals surface area (Å²) in [5.41, 5.74) is -0.00419. The van der Waals surface area contributed by atoms with Crippen LogP contribution in [-0.2, 0) is 6.18 Å². The Morgan fingerprint density at radius 1 is 1.55 bits per heavy atom. The maximum atomic E-state index is 12.5. The molecule has 0 bridgehead atoms. The molecule has 2 rings (SSSR count). The standard InChI is InChI=1S/C12H14F3N3O2/c1-7-4-10(12(13,14)15)16-5-9(7)17-8-2-3-18(6-8)11(19)20/h4-5,8,17H,2-3,6H2,1H3,(H,19,20).